The van der Waals surface area contributed by atoms with Crippen LogP contribution >= 0.6 is 0 Å². The Labute approximate surface area is 238 Å². The number of benzene rings is 7. The highest BCUT2D eigenvalue weighted by molar-refractivity contribution is 6.21. The molecule has 0 aliphatic carbocycles. The second kappa shape index (κ2) is 9.46. The van der Waals surface area contributed by atoms with Crippen molar-refractivity contribution in [3.05, 3.63) is 139 Å². The minimum atomic E-state index is 0.893. The van der Waals surface area contributed by atoms with Crippen molar-refractivity contribution in [3.63, 3.8) is 0 Å². The molecule has 0 bridgehead atoms. The minimum Gasteiger partial charge on any atom is -0.341 e. The molecule has 1 heterocycles. The molecule has 0 aliphatic rings. The van der Waals surface area contributed by atoms with Gasteiger partial charge in [0.15, 0.2) is 0 Å². The molecule has 0 fully saturated rings. The quantitative estimate of drug-likeness (QED) is 0.228. The molecule has 1 N–H and O–H groups in total. The fourth-order valence-corrected chi connectivity index (χ4v) is 6.41. The van der Waals surface area contributed by atoms with Crippen molar-refractivity contribution in [2.24, 2.45) is 0 Å². The normalized spacial score (nSPS) is 11.6. The summed E-state index contributed by atoms with van der Waals surface area (Å²) in [7, 11) is 0. The first kappa shape index (κ1) is 23.7. The average Bonchev–Trinajstić information content (AvgIpc) is 3.47. The number of para-hydroxylation sites is 1. The summed E-state index contributed by atoms with van der Waals surface area (Å²) in [5, 5.41) is 7.58. The molecule has 2 nitrogen and oxygen atoms in total. The third-order valence-electron chi connectivity index (χ3n) is 8.34. The number of hydrogen-bond donors (Lipinski definition) is 1. The number of imidazole rings is 1. The van der Waals surface area contributed by atoms with Crippen LogP contribution in [0.2, 0.25) is 0 Å². The highest BCUT2D eigenvalue weighted by atomic mass is 14.9. The number of aryl methyl sites for hydroxylation is 1. The minimum absolute atomic E-state index is 0.893. The van der Waals surface area contributed by atoms with Crippen LogP contribution in [0.25, 0.3) is 76.7 Å². The maximum Gasteiger partial charge on any atom is 0.106 e. The zero-order valence-corrected chi connectivity index (χ0v) is 22.9. The predicted molar refractivity (Wildman–Crippen MR) is 174 cm³/mol. The lowest BCUT2D eigenvalue weighted by Crippen LogP contribution is -1.91. The van der Waals surface area contributed by atoms with Gasteiger partial charge in [-0.3, -0.25) is 0 Å². The lowest BCUT2D eigenvalue weighted by Gasteiger charge is -2.18. The van der Waals surface area contributed by atoms with E-state index in [1.165, 1.54) is 65.7 Å². The van der Waals surface area contributed by atoms with E-state index in [-0.39, 0.29) is 0 Å². The Morgan fingerprint density at radius 3 is 1.71 bits per heavy atom. The van der Waals surface area contributed by atoms with E-state index in [1.807, 2.05) is 0 Å². The molecule has 0 spiro atoms. The van der Waals surface area contributed by atoms with Gasteiger partial charge in [-0.2, -0.15) is 0 Å². The van der Waals surface area contributed by atoms with E-state index in [0.717, 1.165) is 23.3 Å². The molecule has 0 amide bonds. The molecule has 0 atom stereocenters. The Hall–Kier alpha value is -5.21. The zero-order valence-electron chi connectivity index (χ0n) is 22.9. The molecular weight excluding hydrogens is 496 g/mol. The summed E-state index contributed by atoms with van der Waals surface area (Å²) in [4.78, 5) is 8.27. The van der Waals surface area contributed by atoms with Gasteiger partial charge in [-0.15, -0.1) is 0 Å². The molecule has 1 aromatic heterocycles. The molecule has 41 heavy (non-hydrogen) atoms. The molecule has 0 saturated heterocycles. The first-order chi connectivity index (χ1) is 20.3. The zero-order chi connectivity index (χ0) is 27.3. The van der Waals surface area contributed by atoms with Gasteiger partial charge in [0, 0.05) is 12.0 Å². The van der Waals surface area contributed by atoms with Gasteiger partial charge in [-0.25, -0.2) is 4.98 Å². The molecule has 8 aromatic rings. The van der Waals surface area contributed by atoms with Crippen LogP contribution in [-0.4, -0.2) is 9.97 Å². The molecule has 0 saturated carbocycles. The Morgan fingerprint density at radius 2 is 1.07 bits per heavy atom. The van der Waals surface area contributed by atoms with Gasteiger partial charge in [-0.05, 0) is 78.3 Å². The van der Waals surface area contributed by atoms with Crippen molar-refractivity contribution < 1.29 is 0 Å². The van der Waals surface area contributed by atoms with Gasteiger partial charge in [0.2, 0.25) is 0 Å². The van der Waals surface area contributed by atoms with Gasteiger partial charge < -0.3 is 4.98 Å². The van der Waals surface area contributed by atoms with Crippen molar-refractivity contribution >= 4 is 43.4 Å². The summed E-state index contributed by atoms with van der Waals surface area (Å²) in [6, 6.07) is 48.5. The van der Waals surface area contributed by atoms with Crippen LogP contribution in [-0.2, 0) is 6.42 Å². The molecule has 0 unspecified atom stereocenters. The summed E-state index contributed by atoms with van der Waals surface area (Å²) >= 11 is 0. The van der Waals surface area contributed by atoms with Crippen molar-refractivity contribution in [2.75, 3.05) is 0 Å². The Bertz CT molecular complexity index is 2180. The number of hydrogen-bond acceptors (Lipinski definition) is 1. The Kier molecular flexibility index (Phi) is 5.46. The van der Waals surface area contributed by atoms with Crippen molar-refractivity contribution in [1.29, 1.82) is 0 Å². The summed E-state index contributed by atoms with van der Waals surface area (Å²) < 4.78 is 0. The number of nitrogens with zero attached hydrogens (tertiary/aromatic N) is 1. The van der Waals surface area contributed by atoms with Crippen molar-refractivity contribution in [2.45, 2.75) is 13.3 Å². The van der Waals surface area contributed by atoms with E-state index in [9.17, 15) is 0 Å². The van der Waals surface area contributed by atoms with Crippen LogP contribution in [0, 0.1) is 0 Å². The van der Waals surface area contributed by atoms with Crippen molar-refractivity contribution in [1.82, 2.24) is 9.97 Å². The van der Waals surface area contributed by atoms with Gasteiger partial charge in [0.25, 0.3) is 0 Å². The smallest absolute Gasteiger partial charge is 0.106 e. The topological polar surface area (TPSA) is 28.7 Å². The number of fused-ring (bicyclic) bond motifs is 4. The Balaban J connectivity index is 1.33. The summed E-state index contributed by atoms with van der Waals surface area (Å²) in [5.41, 5.74) is 9.58. The van der Waals surface area contributed by atoms with Crippen LogP contribution < -0.4 is 0 Å². The number of aromatic nitrogens is 2. The highest BCUT2D eigenvalue weighted by Crippen LogP contribution is 2.44. The van der Waals surface area contributed by atoms with E-state index in [0.29, 0.717) is 0 Å². The summed E-state index contributed by atoms with van der Waals surface area (Å²) in [6.07, 6.45) is 0.893. The molecule has 194 valence electrons. The summed E-state index contributed by atoms with van der Waals surface area (Å²) in [6.45, 7) is 2.13. The monoisotopic (exact) mass is 524 g/mol. The predicted octanol–water partition coefficient (Wildman–Crippen LogP) is 10.6. The van der Waals surface area contributed by atoms with Gasteiger partial charge in [0.05, 0.1) is 11.0 Å². The Morgan fingerprint density at radius 1 is 0.512 bits per heavy atom. The third-order valence-corrected chi connectivity index (χ3v) is 8.34. The van der Waals surface area contributed by atoms with E-state index < -0.39 is 0 Å². The maximum atomic E-state index is 4.74. The standard InChI is InChI=1S/C39H28N2/c1-2-36-40-35-18-10-17-30(39(35)41-36)28-21-19-27-24-29(22-20-26(27)23-28)38-33-15-8-6-13-31(33)37(25-11-4-3-5-12-25)32-14-7-9-16-34(32)38/h3-24H,2H2,1H3,(H,40,41). The first-order valence-corrected chi connectivity index (χ1v) is 14.3. The molecule has 8 rings (SSSR count). The molecular formula is C39H28N2. The maximum absolute atomic E-state index is 4.74. The largest absolute Gasteiger partial charge is 0.341 e. The third kappa shape index (κ3) is 3.83. The second-order valence-corrected chi connectivity index (χ2v) is 10.7. The lowest BCUT2D eigenvalue weighted by atomic mass is 9.85. The fraction of sp³-hybridized carbons (Fsp3) is 0.0513. The van der Waals surface area contributed by atoms with Crippen molar-refractivity contribution in [3.8, 4) is 33.4 Å². The van der Waals surface area contributed by atoms with E-state index >= 15 is 0 Å². The van der Waals surface area contributed by atoms with E-state index in [1.54, 1.807) is 0 Å². The first-order valence-electron chi connectivity index (χ1n) is 14.3. The molecule has 0 radical (unpaired) electrons. The number of nitrogens with one attached hydrogen (secondary N) is 1. The SMILES string of the molecule is CCc1nc2cccc(-c3ccc4cc(-c5c6ccccc6c(-c6ccccc6)c6ccccc56)ccc4c3)c2[nH]1. The van der Waals surface area contributed by atoms with Crippen LogP contribution in [0.4, 0.5) is 0 Å². The van der Waals surface area contributed by atoms with Crippen LogP contribution in [0.3, 0.4) is 0 Å². The molecule has 7 aromatic carbocycles. The lowest BCUT2D eigenvalue weighted by molar-refractivity contribution is 1.00. The van der Waals surface area contributed by atoms with Crippen LogP contribution in [0.1, 0.15) is 12.7 Å². The number of H-pyrrole nitrogens is 1. The highest BCUT2D eigenvalue weighted by Gasteiger charge is 2.17. The van der Waals surface area contributed by atoms with Gasteiger partial charge >= 0.3 is 0 Å². The molecule has 0 aliphatic heterocycles. The second-order valence-electron chi connectivity index (χ2n) is 10.7. The average molecular weight is 525 g/mol. The van der Waals surface area contributed by atoms with E-state index in [4.69, 9.17) is 4.98 Å². The van der Waals surface area contributed by atoms with Crippen LogP contribution in [0.15, 0.2) is 133 Å². The fourth-order valence-electron chi connectivity index (χ4n) is 6.41. The van der Waals surface area contributed by atoms with Gasteiger partial charge in [0.1, 0.15) is 5.82 Å². The molecule has 2 heteroatoms. The van der Waals surface area contributed by atoms with Crippen LogP contribution in [0.5, 0.6) is 0 Å². The number of aromatic amines is 1. The summed E-state index contributed by atoms with van der Waals surface area (Å²) in [5.74, 6) is 1.02. The number of rotatable bonds is 4. The van der Waals surface area contributed by atoms with E-state index in [2.05, 4.69) is 145 Å². The van der Waals surface area contributed by atoms with Gasteiger partial charge in [-0.1, -0.05) is 122 Å².